The largest absolute Gasteiger partial charge is 0.497 e. The van der Waals surface area contributed by atoms with Gasteiger partial charge in [0.25, 0.3) is 0 Å². The molecule has 1 heterocycles. The molecule has 2 N–H and O–H groups in total. The van der Waals surface area contributed by atoms with Gasteiger partial charge < -0.3 is 20.1 Å². The van der Waals surface area contributed by atoms with Crippen molar-refractivity contribution in [3.05, 3.63) is 30.0 Å². The molecule has 0 aliphatic carbocycles. The Kier molecular flexibility index (Phi) is 5.32. The molecule has 0 aliphatic rings. The van der Waals surface area contributed by atoms with Gasteiger partial charge in [-0.3, -0.25) is 0 Å². The highest BCUT2D eigenvalue weighted by atomic mass is 19.4. The van der Waals surface area contributed by atoms with Gasteiger partial charge in [-0.25, -0.2) is 4.98 Å². The van der Waals surface area contributed by atoms with Crippen LogP contribution in [0.3, 0.4) is 0 Å². The third kappa shape index (κ3) is 4.18. The van der Waals surface area contributed by atoms with Crippen LogP contribution in [0.25, 0.3) is 0 Å². The number of aromatic nitrogens is 2. The SMILES string of the molecule is CCNc1nc(Nc2ccc(OC)cc2OC)cc(C(F)(F)F)n1. The smallest absolute Gasteiger partial charge is 0.433 e. The summed E-state index contributed by atoms with van der Waals surface area (Å²) in [6.07, 6.45) is -4.58. The molecule has 0 amide bonds. The monoisotopic (exact) mass is 342 g/mol. The van der Waals surface area contributed by atoms with E-state index in [0.717, 1.165) is 6.07 Å². The Hall–Kier alpha value is -2.71. The van der Waals surface area contributed by atoms with Gasteiger partial charge in [0.05, 0.1) is 19.9 Å². The van der Waals surface area contributed by atoms with Crippen LogP contribution >= 0.6 is 0 Å². The number of nitrogens with zero attached hydrogens (tertiary/aromatic N) is 2. The van der Waals surface area contributed by atoms with E-state index in [1.807, 2.05) is 0 Å². The molecule has 9 heteroatoms. The van der Waals surface area contributed by atoms with Gasteiger partial charge in [0.15, 0.2) is 5.69 Å². The summed E-state index contributed by atoms with van der Waals surface area (Å²) in [4.78, 5) is 7.50. The van der Waals surface area contributed by atoms with E-state index in [2.05, 4.69) is 20.6 Å². The second kappa shape index (κ2) is 7.24. The Balaban J connectivity index is 2.40. The first-order chi connectivity index (χ1) is 11.4. The van der Waals surface area contributed by atoms with Crippen LogP contribution in [0.15, 0.2) is 24.3 Å². The molecule has 0 spiro atoms. The number of anilines is 3. The van der Waals surface area contributed by atoms with Crippen molar-refractivity contribution in [1.29, 1.82) is 0 Å². The van der Waals surface area contributed by atoms with E-state index in [1.165, 1.54) is 14.2 Å². The van der Waals surface area contributed by atoms with Gasteiger partial charge in [0.1, 0.15) is 17.3 Å². The van der Waals surface area contributed by atoms with Gasteiger partial charge in [-0.15, -0.1) is 0 Å². The van der Waals surface area contributed by atoms with Crippen LogP contribution < -0.4 is 20.1 Å². The molecular weight excluding hydrogens is 325 g/mol. The van der Waals surface area contributed by atoms with E-state index >= 15 is 0 Å². The summed E-state index contributed by atoms with van der Waals surface area (Å²) in [5, 5.41) is 5.49. The third-order valence-corrected chi connectivity index (χ3v) is 3.02. The van der Waals surface area contributed by atoms with E-state index < -0.39 is 11.9 Å². The summed E-state index contributed by atoms with van der Waals surface area (Å²) in [6, 6.07) is 5.73. The lowest BCUT2D eigenvalue weighted by Crippen LogP contribution is -2.13. The second-order valence-corrected chi connectivity index (χ2v) is 4.68. The number of benzene rings is 1. The molecule has 2 aromatic rings. The standard InChI is InChI=1S/C15H17F3N4O2/c1-4-19-14-21-12(15(16,17)18)8-13(22-14)20-10-6-5-9(23-2)7-11(10)24-3/h5-8H,4H2,1-3H3,(H2,19,20,21,22). The fraction of sp³-hybridized carbons (Fsp3) is 0.333. The van der Waals surface area contributed by atoms with Gasteiger partial charge in [0, 0.05) is 18.7 Å². The number of hydrogen-bond donors (Lipinski definition) is 2. The van der Waals surface area contributed by atoms with Crippen LogP contribution in [0.4, 0.5) is 30.6 Å². The highest BCUT2D eigenvalue weighted by Gasteiger charge is 2.33. The Labute approximate surface area is 137 Å². The summed E-state index contributed by atoms with van der Waals surface area (Å²) in [7, 11) is 2.95. The third-order valence-electron chi connectivity index (χ3n) is 3.02. The van der Waals surface area contributed by atoms with E-state index in [9.17, 15) is 13.2 Å². The maximum Gasteiger partial charge on any atom is 0.433 e. The van der Waals surface area contributed by atoms with Crippen LogP contribution in [-0.4, -0.2) is 30.7 Å². The molecule has 0 bridgehead atoms. The lowest BCUT2D eigenvalue weighted by Gasteiger charge is -2.14. The first-order valence-corrected chi connectivity index (χ1v) is 7.06. The highest BCUT2D eigenvalue weighted by Crippen LogP contribution is 2.33. The number of alkyl halides is 3. The van der Waals surface area contributed by atoms with Gasteiger partial charge in [0.2, 0.25) is 5.95 Å². The minimum Gasteiger partial charge on any atom is -0.497 e. The zero-order valence-corrected chi connectivity index (χ0v) is 13.4. The fourth-order valence-electron chi connectivity index (χ4n) is 1.93. The molecule has 0 atom stereocenters. The maximum atomic E-state index is 13.0. The van der Waals surface area contributed by atoms with Crippen LogP contribution in [0.2, 0.25) is 0 Å². The lowest BCUT2D eigenvalue weighted by molar-refractivity contribution is -0.141. The van der Waals surface area contributed by atoms with Crippen molar-refractivity contribution < 1.29 is 22.6 Å². The molecule has 1 aromatic heterocycles. The van der Waals surface area contributed by atoms with Crippen LogP contribution in [0.1, 0.15) is 12.6 Å². The zero-order valence-electron chi connectivity index (χ0n) is 13.4. The molecule has 0 saturated carbocycles. The summed E-state index contributed by atoms with van der Waals surface area (Å²) < 4.78 is 49.2. The topological polar surface area (TPSA) is 68.3 Å². The maximum absolute atomic E-state index is 13.0. The van der Waals surface area contributed by atoms with Gasteiger partial charge in [-0.05, 0) is 19.1 Å². The van der Waals surface area contributed by atoms with E-state index in [1.54, 1.807) is 25.1 Å². The van der Waals surface area contributed by atoms with Crippen molar-refractivity contribution in [3.63, 3.8) is 0 Å². The van der Waals surface area contributed by atoms with Crippen LogP contribution in [-0.2, 0) is 6.18 Å². The molecule has 6 nitrogen and oxygen atoms in total. The minimum absolute atomic E-state index is 0.00302. The Morgan fingerprint density at radius 2 is 1.83 bits per heavy atom. The van der Waals surface area contributed by atoms with E-state index in [-0.39, 0.29) is 11.8 Å². The van der Waals surface area contributed by atoms with Crippen molar-refractivity contribution in [2.45, 2.75) is 13.1 Å². The number of halogens is 3. The van der Waals surface area contributed by atoms with Crippen molar-refractivity contribution >= 4 is 17.5 Å². The Morgan fingerprint density at radius 1 is 1.08 bits per heavy atom. The van der Waals surface area contributed by atoms with Crippen LogP contribution in [0, 0.1) is 0 Å². The number of nitrogens with one attached hydrogen (secondary N) is 2. The molecule has 24 heavy (non-hydrogen) atoms. The minimum atomic E-state index is -4.58. The molecule has 0 saturated heterocycles. The fourth-order valence-corrected chi connectivity index (χ4v) is 1.93. The highest BCUT2D eigenvalue weighted by molar-refractivity contribution is 5.66. The Bertz CT molecular complexity index is 708. The number of ether oxygens (including phenoxy) is 2. The average Bonchev–Trinajstić information content (AvgIpc) is 2.54. The quantitative estimate of drug-likeness (QED) is 0.834. The zero-order chi connectivity index (χ0) is 17.7. The van der Waals surface area contributed by atoms with Gasteiger partial charge in [-0.1, -0.05) is 0 Å². The number of hydrogen-bond acceptors (Lipinski definition) is 6. The first-order valence-electron chi connectivity index (χ1n) is 7.06. The van der Waals surface area contributed by atoms with Crippen molar-refractivity contribution in [3.8, 4) is 11.5 Å². The number of rotatable bonds is 6. The van der Waals surface area contributed by atoms with Gasteiger partial charge >= 0.3 is 6.18 Å². The van der Waals surface area contributed by atoms with Gasteiger partial charge in [-0.2, -0.15) is 18.2 Å². The first kappa shape index (κ1) is 17.6. The van der Waals surface area contributed by atoms with Crippen molar-refractivity contribution in [1.82, 2.24) is 9.97 Å². The van der Waals surface area contributed by atoms with E-state index in [0.29, 0.717) is 23.7 Å². The Morgan fingerprint density at radius 3 is 2.42 bits per heavy atom. The molecular formula is C15H17F3N4O2. The molecule has 2 rings (SSSR count). The summed E-state index contributed by atoms with van der Waals surface area (Å²) in [5.74, 6) is 0.856. The molecule has 1 aromatic carbocycles. The summed E-state index contributed by atoms with van der Waals surface area (Å²) in [5.41, 5.74) is -0.587. The normalized spacial score (nSPS) is 11.1. The average molecular weight is 342 g/mol. The molecule has 0 unspecified atom stereocenters. The predicted molar refractivity (Wildman–Crippen MR) is 84.0 cm³/mol. The number of methoxy groups -OCH3 is 2. The molecule has 0 aliphatic heterocycles. The summed E-state index contributed by atoms with van der Waals surface area (Å²) in [6.45, 7) is 2.13. The predicted octanol–water partition coefficient (Wildman–Crippen LogP) is 3.69. The van der Waals surface area contributed by atoms with Crippen LogP contribution in [0.5, 0.6) is 11.5 Å². The van der Waals surface area contributed by atoms with E-state index in [4.69, 9.17) is 9.47 Å². The summed E-state index contributed by atoms with van der Waals surface area (Å²) >= 11 is 0. The second-order valence-electron chi connectivity index (χ2n) is 4.68. The molecule has 0 fully saturated rings. The lowest BCUT2D eigenvalue weighted by atomic mass is 10.2. The van der Waals surface area contributed by atoms with Crippen molar-refractivity contribution in [2.75, 3.05) is 31.4 Å². The van der Waals surface area contributed by atoms with Crippen molar-refractivity contribution in [2.24, 2.45) is 0 Å². The molecule has 130 valence electrons. The molecule has 0 radical (unpaired) electrons.